The summed E-state index contributed by atoms with van der Waals surface area (Å²) in [5.74, 6) is 1.34. The number of allylic oxidation sites excluding steroid dienone is 1. The van der Waals surface area contributed by atoms with Gasteiger partial charge in [-0.15, -0.1) is 0 Å². The maximum atomic E-state index is 14.2. The summed E-state index contributed by atoms with van der Waals surface area (Å²) in [5.41, 5.74) is 3.68. The van der Waals surface area contributed by atoms with Gasteiger partial charge in [0.2, 0.25) is 11.2 Å². The zero-order valence-corrected chi connectivity index (χ0v) is 24.1. The highest BCUT2D eigenvalue weighted by atomic mass is 16.5. The summed E-state index contributed by atoms with van der Waals surface area (Å²) < 4.78 is 24.9. The fraction of sp³-hybridized carbons (Fsp3) is 0.189. The van der Waals surface area contributed by atoms with Gasteiger partial charge in [0, 0.05) is 11.5 Å². The molecule has 216 valence electrons. The maximum Gasteiger partial charge on any atom is 0.239 e. The summed E-state index contributed by atoms with van der Waals surface area (Å²) in [6.45, 7) is 4.53. The molecule has 0 amide bonds. The number of carbonyl (C=O) groups is 1. The van der Waals surface area contributed by atoms with Crippen molar-refractivity contribution in [2.24, 2.45) is 5.92 Å². The van der Waals surface area contributed by atoms with Crippen molar-refractivity contribution in [2.45, 2.75) is 39.6 Å². The van der Waals surface area contributed by atoms with Gasteiger partial charge in [-0.2, -0.15) is 0 Å². The highest BCUT2D eigenvalue weighted by Gasteiger charge is 2.27. The molecule has 0 saturated heterocycles. The van der Waals surface area contributed by atoms with E-state index in [0.29, 0.717) is 53.4 Å². The molecule has 6 heteroatoms. The second-order valence-corrected chi connectivity index (χ2v) is 10.9. The van der Waals surface area contributed by atoms with E-state index in [4.69, 9.17) is 18.6 Å². The molecule has 0 fully saturated rings. The summed E-state index contributed by atoms with van der Waals surface area (Å²) in [5, 5.41) is 0.312. The molecule has 0 saturated carbocycles. The van der Waals surface area contributed by atoms with Crippen LogP contribution in [0, 0.1) is 12.8 Å². The first-order valence-corrected chi connectivity index (χ1v) is 14.4. The quantitative estimate of drug-likeness (QED) is 0.179. The van der Waals surface area contributed by atoms with Crippen LogP contribution in [-0.2, 0) is 18.0 Å². The first-order chi connectivity index (χ1) is 20.9. The van der Waals surface area contributed by atoms with E-state index in [-0.39, 0.29) is 22.9 Å². The number of fused-ring (bicyclic) bond motifs is 1. The monoisotopic (exact) mass is 572 g/mol. The number of ketones is 1. The van der Waals surface area contributed by atoms with Crippen molar-refractivity contribution in [2.75, 3.05) is 0 Å². The Hall–Kier alpha value is -5.10. The van der Waals surface area contributed by atoms with Gasteiger partial charge in [-0.05, 0) is 78.6 Å². The van der Waals surface area contributed by atoms with Crippen LogP contribution in [0.3, 0.4) is 0 Å². The molecule has 2 atom stereocenters. The van der Waals surface area contributed by atoms with Crippen LogP contribution in [0.4, 0.5) is 0 Å². The van der Waals surface area contributed by atoms with Crippen molar-refractivity contribution in [1.29, 1.82) is 0 Å². The molecule has 43 heavy (non-hydrogen) atoms. The summed E-state index contributed by atoms with van der Waals surface area (Å²) >= 11 is 0. The molecule has 1 aromatic heterocycles. The van der Waals surface area contributed by atoms with Crippen LogP contribution in [0.5, 0.6) is 17.2 Å². The SMILES string of the molecule is Cc1cc(OCc2ccccc2)c2c(=O)c(OC3C=CC(=O)[C@H](C)C3)c(-c3ccc(OCc4ccccc4)cc3)oc2c1. The molecule has 1 heterocycles. The molecule has 0 spiro atoms. The van der Waals surface area contributed by atoms with Crippen molar-refractivity contribution in [3.8, 4) is 28.6 Å². The lowest BCUT2D eigenvalue weighted by atomic mass is 9.93. The lowest BCUT2D eigenvalue weighted by Gasteiger charge is -2.23. The van der Waals surface area contributed by atoms with Crippen LogP contribution in [-0.4, -0.2) is 11.9 Å². The van der Waals surface area contributed by atoms with E-state index in [1.165, 1.54) is 6.08 Å². The summed E-state index contributed by atoms with van der Waals surface area (Å²) in [6, 6.07) is 30.8. The Labute approximate surface area is 250 Å². The Morgan fingerprint density at radius 1 is 0.814 bits per heavy atom. The van der Waals surface area contributed by atoms with E-state index in [1.54, 1.807) is 6.08 Å². The Morgan fingerprint density at radius 2 is 1.47 bits per heavy atom. The molecule has 1 aliphatic rings. The Bertz CT molecular complexity index is 1820. The van der Waals surface area contributed by atoms with Crippen LogP contribution in [0.25, 0.3) is 22.3 Å². The second kappa shape index (κ2) is 12.4. The van der Waals surface area contributed by atoms with Crippen LogP contribution < -0.4 is 19.6 Å². The van der Waals surface area contributed by atoms with Crippen molar-refractivity contribution in [1.82, 2.24) is 0 Å². The van der Waals surface area contributed by atoms with Gasteiger partial charge in [0.25, 0.3) is 0 Å². The van der Waals surface area contributed by atoms with Gasteiger partial charge in [-0.1, -0.05) is 67.6 Å². The minimum absolute atomic E-state index is 0.0452. The zero-order chi connectivity index (χ0) is 29.8. The smallest absolute Gasteiger partial charge is 0.239 e. The summed E-state index contributed by atoms with van der Waals surface area (Å²) in [4.78, 5) is 26.3. The Morgan fingerprint density at radius 3 is 2.12 bits per heavy atom. The van der Waals surface area contributed by atoms with Gasteiger partial charge < -0.3 is 18.6 Å². The molecule has 0 bridgehead atoms. The normalized spacial score (nSPS) is 16.3. The van der Waals surface area contributed by atoms with Crippen LogP contribution >= 0.6 is 0 Å². The predicted octanol–water partition coefficient (Wildman–Crippen LogP) is 7.84. The zero-order valence-electron chi connectivity index (χ0n) is 24.1. The molecule has 6 nitrogen and oxygen atoms in total. The first-order valence-electron chi connectivity index (χ1n) is 14.4. The van der Waals surface area contributed by atoms with E-state index in [1.807, 2.05) is 111 Å². The third-order valence-electron chi connectivity index (χ3n) is 7.48. The van der Waals surface area contributed by atoms with Gasteiger partial charge >= 0.3 is 0 Å². The van der Waals surface area contributed by atoms with Crippen LogP contribution in [0.2, 0.25) is 0 Å². The summed E-state index contributed by atoms with van der Waals surface area (Å²) in [6.07, 6.45) is 3.24. The fourth-order valence-electron chi connectivity index (χ4n) is 5.14. The van der Waals surface area contributed by atoms with E-state index in [2.05, 4.69) is 0 Å². The van der Waals surface area contributed by atoms with E-state index < -0.39 is 6.10 Å². The third kappa shape index (κ3) is 6.38. The second-order valence-electron chi connectivity index (χ2n) is 10.9. The maximum absolute atomic E-state index is 14.2. The molecule has 1 unspecified atom stereocenters. The highest BCUT2D eigenvalue weighted by molar-refractivity contribution is 5.92. The average molecular weight is 573 g/mol. The molecular weight excluding hydrogens is 540 g/mol. The highest BCUT2D eigenvalue weighted by Crippen LogP contribution is 2.37. The molecule has 0 aliphatic heterocycles. The summed E-state index contributed by atoms with van der Waals surface area (Å²) in [7, 11) is 0. The molecule has 6 rings (SSSR count). The van der Waals surface area contributed by atoms with Crippen molar-refractivity contribution in [3.63, 3.8) is 0 Å². The van der Waals surface area contributed by atoms with Crippen LogP contribution in [0.1, 0.15) is 30.0 Å². The molecule has 0 radical (unpaired) electrons. The van der Waals surface area contributed by atoms with Gasteiger partial charge in [0.1, 0.15) is 41.8 Å². The van der Waals surface area contributed by atoms with Gasteiger partial charge in [-0.25, -0.2) is 0 Å². The number of hydrogen-bond donors (Lipinski definition) is 0. The van der Waals surface area contributed by atoms with Crippen molar-refractivity contribution in [3.05, 3.63) is 136 Å². The molecule has 0 N–H and O–H groups in total. The van der Waals surface area contributed by atoms with Crippen molar-refractivity contribution < 1.29 is 23.4 Å². The minimum Gasteiger partial charge on any atom is -0.489 e. The molecule has 5 aromatic rings. The van der Waals surface area contributed by atoms with Gasteiger partial charge in [0.15, 0.2) is 11.5 Å². The standard InChI is InChI=1S/C37H32O6/c1-24-19-32(41-23-27-11-7-4-8-12-27)34-33(20-24)43-36(37(35(34)39)42-30-17-18-31(38)25(2)21-30)28-13-15-29(16-14-28)40-22-26-9-5-3-6-10-26/h3-20,25,30H,21-23H2,1-2H3/t25-,30?/m1/s1. The number of benzene rings is 4. The van der Waals surface area contributed by atoms with Crippen molar-refractivity contribution >= 4 is 16.8 Å². The van der Waals surface area contributed by atoms with E-state index in [9.17, 15) is 9.59 Å². The van der Waals surface area contributed by atoms with Gasteiger partial charge in [-0.3, -0.25) is 9.59 Å². The first kappa shape index (κ1) is 28.0. The lowest BCUT2D eigenvalue weighted by molar-refractivity contribution is -0.118. The third-order valence-corrected chi connectivity index (χ3v) is 7.48. The molecular formula is C37H32O6. The fourth-order valence-corrected chi connectivity index (χ4v) is 5.14. The minimum atomic E-state index is -0.459. The Kier molecular flexibility index (Phi) is 8.09. The number of rotatable bonds is 9. The molecule has 4 aromatic carbocycles. The largest absolute Gasteiger partial charge is 0.489 e. The van der Waals surface area contributed by atoms with E-state index >= 15 is 0 Å². The predicted molar refractivity (Wildman–Crippen MR) is 167 cm³/mol. The number of ether oxygens (including phenoxy) is 3. The van der Waals surface area contributed by atoms with E-state index in [0.717, 1.165) is 16.7 Å². The number of aryl methyl sites for hydroxylation is 1. The lowest BCUT2D eigenvalue weighted by Crippen LogP contribution is -2.27. The number of carbonyl (C=O) groups excluding carboxylic acids is 1. The number of hydrogen-bond acceptors (Lipinski definition) is 6. The Balaban J connectivity index is 1.39. The average Bonchev–Trinajstić information content (AvgIpc) is 3.03. The molecule has 1 aliphatic carbocycles. The van der Waals surface area contributed by atoms with Gasteiger partial charge in [0.05, 0.1) is 0 Å². The topological polar surface area (TPSA) is 75.0 Å². The van der Waals surface area contributed by atoms with Crippen LogP contribution in [0.15, 0.2) is 118 Å².